The Labute approximate surface area is 175 Å². The lowest BCUT2D eigenvalue weighted by Crippen LogP contribution is -2.20. The molecule has 0 spiro atoms. The number of aryl methyl sites for hydroxylation is 2. The maximum atomic E-state index is 12.6. The van der Waals surface area contributed by atoms with Gasteiger partial charge in [0.1, 0.15) is 11.5 Å². The van der Waals surface area contributed by atoms with Gasteiger partial charge in [0.25, 0.3) is 15.9 Å². The maximum Gasteiger partial charge on any atom is 0.283 e. The van der Waals surface area contributed by atoms with Gasteiger partial charge in [-0.05, 0) is 67.8 Å². The highest BCUT2D eigenvalue weighted by atomic mass is 32.2. The van der Waals surface area contributed by atoms with Crippen molar-refractivity contribution in [2.75, 3.05) is 18.9 Å². The normalized spacial score (nSPS) is 15.8. The van der Waals surface area contributed by atoms with Crippen LogP contribution in [0.4, 0.5) is 5.69 Å². The van der Waals surface area contributed by atoms with Crippen molar-refractivity contribution in [2.24, 2.45) is 4.40 Å². The summed E-state index contributed by atoms with van der Waals surface area (Å²) in [6.07, 6.45) is 1.57. The first-order valence-electron chi connectivity index (χ1n) is 9.79. The van der Waals surface area contributed by atoms with Gasteiger partial charge in [0.2, 0.25) is 0 Å². The van der Waals surface area contributed by atoms with Crippen LogP contribution >= 0.6 is 0 Å². The zero-order chi connectivity index (χ0) is 21.5. The van der Waals surface area contributed by atoms with E-state index in [1.165, 1.54) is 12.1 Å². The van der Waals surface area contributed by atoms with Gasteiger partial charge in [0, 0.05) is 36.6 Å². The van der Waals surface area contributed by atoms with E-state index < -0.39 is 10.0 Å². The number of aromatic amines is 1. The summed E-state index contributed by atoms with van der Waals surface area (Å²) < 4.78 is 29.0. The third kappa shape index (κ3) is 3.95. The second kappa shape index (κ2) is 7.60. The Hall–Kier alpha value is -3.13. The molecular formula is C22H24N4O3S. The highest BCUT2D eigenvalue weighted by Crippen LogP contribution is 2.23. The first-order chi connectivity index (χ1) is 14.2. The molecule has 156 valence electrons. The molecule has 0 atom stereocenters. The molecule has 7 nitrogen and oxygen atoms in total. The van der Waals surface area contributed by atoms with Gasteiger partial charge in [-0.2, -0.15) is 8.42 Å². The van der Waals surface area contributed by atoms with Crippen molar-refractivity contribution in [2.45, 2.75) is 31.6 Å². The van der Waals surface area contributed by atoms with Crippen molar-refractivity contribution in [3.05, 3.63) is 59.3 Å². The van der Waals surface area contributed by atoms with E-state index in [2.05, 4.69) is 20.8 Å². The summed E-state index contributed by atoms with van der Waals surface area (Å²) in [4.78, 5) is 17.7. The molecule has 1 aliphatic heterocycles. The van der Waals surface area contributed by atoms with E-state index in [1.807, 2.05) is 37.9 Å². The fraction of sp³-hybridized carbons (Fsp3) is 0.273. The number of amides is 1. The number of aromatic nitrogens is 1. The summed E-state index contributed by atoms with van der Waals surface area (Å²) in [7, 11) is -1.93. The van der Waals surface area contributed by atoms with Gasteiger partial charge in [-0.3, -0.25) is 4.79 Å². The van der Waals surface area contributed by atoms with Crippen LogP contribution in [0.2, 0.25) is 0 Å². The lowest BCUT2D eigenvalue weighted by molar-refractivity contribution is 0.102. The molecule has 2 heterocycles. The van der Waals surface area contributed by atoms with Crippen molar-refractivity contribution in [3.8, 4) is 0 Å². The van der Waals surface area contributed by atoms with Crippen LogP contribution in [0.3, 0.4) is 0 Å². The Kier molecular flexibility index (Phi) is 5.11. The molecule has 1 saturated heterocycles. The van der Waals surface area contributed by atoms with Crippen molar-refractivity contribution in [1.82, 2.24) is 9.88 Å². The van der Waals surface area contributed by atoms with Crippen LogP contribution in [0.15, 0.2) is 51.8 Å². The second-order valence-corrected chi connectivity index (χ2v) is 9.32. The van der Waals surface area contributed by atoms with Gasteiger partial charge < -0.3 is 15.2 Å². The number of hydrogen-bond acceptors (Lipinski definition) is 3. The highest BCUT2D eigenvalue weighted by molar-refractivity contribution is 7.90. The number of rotatable bonds is 4. The summed E-state index contributed by atoms with van der Waals surface area (Å²) in [5.74, 6) is 0.295. The number of nitrogens with one attached hydrogen (secondary N) is 2. The van der Waals surface area contributed by atoms with Crippen LogP contribution in [0.25, 0.3) is 10.9 Å². The zero-order valence-corrected chi connectivity index (χ0v) is 18.0. The van der Waals surface area contributed by atoms with E-state index in [9.17, 15) is 13.2 Å². The zero-order valence-electron chi connectivity index (χ0n) is 17.2. The summed E-state index contributed by atoms with van der Waals surface area (Å²) >= 11 is 0. The smallest absolute Gasteiger partial charge is 0.283 e. The topological polar surface area (TPSA) is 94.6 Å². The lowest BCUT2D eigenvalue weighted by Gasteiger charge is -2.11. The average molecular weight is 425 g/mol. The van der Waals surface area contributed by atoms with E-state index in [0.29, 0.717) is 23.6 Å². The SMILES string of the molecule is Cc1cc(C)c2cc(C(=O)Nc3ccc(S(=O)(=O)N=C4CCCN4C)cc3)[nH]c2c1. The monoisotopic (exact) mass is 424 g/mol. The standard InChI is InChI=1S/C22H24N4O3S/c1-14-11-15(2)18-13-20(24-19(18)12-14)22(27)23-16-6-8-17(9-7-16)30(28,29)25-21-5-4-10-26(21)3/h6-9,11-13,24H,4-5,10H2,1-3H3,(H,23,27). The third-order valence-corrected chi connectivity index (χ3v) is 6.62. The van der Waals surface area contributed by atoms with Crippen LogP contribution in [-0.2, 0) is 10.0 Å². The van der Waals surface area contributed by atoms with E-state index in [1.54, 1.807) is 12.1 Å². The molecular weight excluding hydrogens is 400 g/mol. The summed E-state index contributed by atoms with van der Waals surface area (Å²) in [6.45, 7) is 4.83. The highest BCUT2D eigenvalue weighted by Gasteiger charge is 2.20. The molecule has 8 heteroatoms. The molecule has 1 amide bonds. The quantitative estimate of drug-likeness (QED) is 0.665. The lowest BCUT2D eigenvalue weighted by atomic mass is 10.1. The molecule has 2 aromatic carbocycles. The molecule has 4 rings (SSSR count). The molecule has 1 aromatic heterocycles. The van der Waals surface area contributed by atoms with E-state index in [-0.39, 0.29) is 10.8 Å². The average Bonchev–Trinajstić information content (AvgIpc) is 3.28. The Morgan fingerprint density at radius 3 is 2.53 bits per heavy atom. The van der Waals surface area contributed by atoms with E-state index in [0.717, 1.165) is 35.0 Å². The number of carbonyl (C=O) groups is 1. The van der Waals surface area contributed by atoms with Crippen LogP contribution in [0.5, 0.6) is 0 Å². The summed E-state index contributed by atoms with van der Waals surface area (Å²) in [6, 6.07) is 12.0. The molecule has 1 fully saturated rings. The molecule has 0 aliphatic carbocycles. The number of nitrogens with zero attached hydrogens (tertiary/aromatic N) is 2. The Balaban J connectivity index is 1.52. The summed E-state index contributed by atoms with van der Waals surface area (Å²) in [5.41, 5.74) is 4.10. The van der Waals surface area contributed by atoms with Gasteiger partial charge >= 0.3 is 0 Å². The minimum Gasteiger partial charge on any atom is -0.362 e. The van der Waals surface area contributed by atoms with Gasteiger partial charge in [-0.1, -0.05) is 6.07 Å². The fourth-order valence-corrected chi connectivity index (χ4v) is 4.82. The maximum absolute atomic E-state index is 12.6. The minimum absolute atomic E-state index is 0.102. The van der Waals surface area contributed by atoms with Crippen molar-refractivity contribution < 1.29 is 13.2 Å². The predicted octanol–water partition coefficient (Wildman–Crippen LogP) is 3.85. The molecule has 0 radical (unpaired) electrons. The van der Waals surface area contributed by atoms with Crippen LogP contribution in [0, 0.1) is 13.8 Å². The summed E-state index contributed by atoms with van der Waals surface area (Å²) in [5, 5.41) is 3.81. The predicted molar refractivity (Wildman–Crippen MR) is 119 cm³/mol. The largest absolute Gasteiger partial charge is 0.362 e. The number of likely N-dealkylation sites (tertiary alicyclic amines) is 1. The Morgan fingerprint density at radius 1 is 1.13 bits per heavy atom. The van der Waals surface area contributed by atoms with Gasteiger partial charge in [-0.15, -0.1) is 4.40 Å². The number of fused-ring (bicyclic) bond motifs is 1. The number of anilines is 1. The molecule has 0 unspecified atom stereocenters. The first kappa shape index (κ1) is 20.2. The van der Waals surface area contributed by atoms with Gasteiger partial charge in [-0.25, -0.2) is 0 Å². The minimum atomic E-state index is -3.77. The molecule has 0 bridgehead atoms. The van der Waals surface area contributed by atoms with Gasteiger partial charge in [0.15, 0.2) is 0 Å². The van der Waals surface area contributed by atoms with E-state index in [4.69, 9.17) is 0 Å². The molecule has 3 aromatic rings. The third-order valence-electron chi connectivity index (χ3n) is 5.30. The molecule has 0 saturated carbocycles. The molecule has 2 N–H and O–H groups in total. The van der Waals surface area contributed by atoms with Crippen molar-refractivity contribution in [3.63, 3.8) is 0 Å². The Morgan fingerprint density at radius 2 is 1.87 bits per heavy atom. The molecule has 30 heavy (non-hydrogen) atoms. The number of hydrogen-bond donors (Lipinski definition) is 2. The number of sulfonamides is 1. The Bertz CT molecular complexity index is 1260. The first-order valence-corrected chi connectivity index (χ1v) is 11.2. The number of carbonyl (C=O) groups excluding carboxylic acids is 1. The number of benzene rings is 2. The van der Waals surface area contributed by atoms with Crippen molar-refractivity contribution in [1.29, 1.82) is 0 Å². The van der Waals surface area contributed by atoms with Crippen molar-refractivity contribution >= 4 is 38.4 Å². The number of H-pyrrole nitrogens is 1. The van der Waals surface area contributed by atoms with Gasteiger partial charge in [0.05, 0.1) is 4.90 Å². The van der Waals surface area contributed by atoms with Crippen LogP contribution < -0.4 is 5.32 Å². The second-order valence-electron chi connectivity index (χ2n) is 7.71. The number of amidine groups is 1. The fourth-order valence-electron chi connectivity index (χ4n) is 3.73. The molecule has 1 aliphatic rings. The van der Waals surface area contributed by atoms with E-state index >= 15 is 0 Å². The van der Waals surface area contributed by atoms with Crippen LogP contribution in [-0.4, -0.2) is 43.6 Å². The van der Waals surface area contributed by atoms with Crippen LogP contribution in [0.1, 0.15) is 34.5 Å².